The molecule has 0 bridgehead atoms. The van der Waals surface area contributed by atoms with Crippen LogP contribution in [0.15, 0.2) is 41.3 Å². The monoisotopic (exact) mass is 245 g/mol. The van der Waals surface area contributed by atoms with Gasteiger partial charge in [-0.25, -0.2) is 0 Å². The van der Waals surface area contributed by atoms with Gasteiger partial charge in [0.15, 0.2) is 0 Å². The number of hydrogen-bond donors (Lipinski definition) is 0. The van der Waals surface area contributed by atoms with Crippen LogP contribution < -0.4 is 0 Å². The van der Waals surface area contributed by atoms with Gasteiger partial charge in [0.05, 0.1) is 6.26 Å². The first-order chi connectivity index (χ1) is 8.81. The van der Waals surface area contributed by atoms with E-state index in [1.807, 2.05) is 12.1 Å². The number of hydrogen-bond acceptors (Lipinski definition) is 2. The summed E-state index contributed by atoms with van der Waals surface area (Å²) in [5.74, 6) is 1.24. The number of carbonyl (C=O) groups is 1. The number of unbranched alkanes of at least 4 members (excludes halogenated alkanes) is 1. The largest absolute Gasteiger partial charge is 0.469 e. The van der Waals surface area contributed by atoms with Crippen molar-refractivity contribution < 1.29 is 9.21 Å². The van der Waals surface area contributed by atoms with E-state index in [-0.39, 0.29) is 5.91 Å². The zero-order chi connectivity index (χ0) is 12.8. The van der Waals surface area contributed by atoms with E-state index in [2.05, 4.69) is 12.3 Å². The molecule has 1 fully saturated rings. The van der Waals surface area contributed by atoms with E-state index in [0.717, 1.165) is 37.9 Å². The first-order valence-electron chi connectivity index (χ1n) is 6.51. The van der Waals surface area contributed by atoms with Gasteiger partial charge in [-0.2, -0.15) is 0 Å². The molecule has 0 aliphatic carbocycles. The molecule has 2 rings (SSSR count). The Labute approximate surface area is 108 Å². The Morgan fingerprint density at radius 3 is 3.17 bits per heavy atom. The van der Waals surface area contributed by atoms with E-state index in [1.165, 1.54) is 0 Å². The van der Waals surface area contributed by atoms with E-state index < -0.39 is 0 Å². The standard InChI is InChI=1S/C15H19NO2/c1-2-11-16-13(9-10-15(16)17)6-3-4-7-14-8-5-12-18-14/h5,8,11-13H,1,3-4,6-7,9-10H2/t13-/m1/s1. The van der Waals surface area contributed by atoms with Gasteiger partial charge >= 0.3 is 0 Å². The van der Waals surface area contributed by atoms with Crippen LogP contribution in [0.3, 0.4) is 0 Å². The molecule has 18 heavy (non-hydrogen) atoms. The fourth-order valence-corrected chi connectivity index (χ4v) is 2.46. The molecule has 3 heteroatoms. The third-order valence-electron chi connectivity index (χ3n) is 3.39. The fraction of sp³-hybridized carbons (Fsp3) is 0.467. The van der Waals surface area contributed by atoms with Crippen molar-refractivity contribution in [2.75, 3.05) is 0 Å². The van der Waals surface area contributed by atoms with Gasteiger partial charge in [0.2, 0.25) is 5.91 Å². The van der Waals surface area contributed by atoms with Gasteiger partial charge in [-0.1, -0.05) is 13.0 Å². The van der Waals surface area contributed by atoms with Crippen LogP contribution in [-0.2, 0) is 11.2 Å². The average molecular weight is 245 g/mol. The Kier molecular flexibility index (Phi) is 4.43. The Morgan fingerprint density at radius 1 is 1.56 bits per heavy atom. The van der Waals surface area contributed by atoms with Crippen molar-refractivity contribution in [3.05, 3.63) is 42.7 Å². The lowest BCUT2D eigenvalue weighted by molar-refractivity contribution is -0.126. The summed E-state index contributed by atoms with van der Waals surface area (Å²) in [5.41, 5.74) is 2.70. The molecule has 0 aromatic carbocycles. The van der Waals surface area contributed by atoms with Crippen molar-refractivity contribution in [3.8, 4) is 0 Å². The normalized spacial score (nSPS) is 19.0. The second-order valence-electron chi connectivity index (χ2n) is 4.65. The highest BCUT2D eigenvalue weighted by Crippen LogP contribution is 2.23. The zero-order valence-corrected chi connectivity index (χ0v) is 10.6. The van der Waals surface area contributed by atoms with Crippen molar-refractivity contribution in [2.45, 2.75) is 44.6 Å². The van der Waals surface area contributed by atoms with E-state index in [0.29, 0.717) is 12.5 Å². The van der Waals surface area contributed by atoms with Gasteiger partial charge in [-0.15, -0.1) is 5.73 Å². The molecule has 0 N–H and O–H groups in total. The second kappa shape index (κ2) is 6.27. The average Bonchev–Trinajstić information content (AvgIpc) is 2.98. The van der Waals surface area contributed by atoms with Gasteiger partial charge in [-0.05, 0) is 31.4 Å². The minimum atomic E-state index is 0.196. The first kappa shape index (κ1) is 12.7. The predicted octanol–water partition coefficient (Wildman–Crippen LogP) is 3.28. The summed E-state index contributed by atoms with van der Waals surface area (Å²) in [5, 5.41) is 0. The van der Waals surface area contributed by atoms with Crippen LogP contribution in [0.25, 0.3) is 0 Å². The fourth-order valence-electron chi connectivity index (χ4n) is 2.46. The molecule has 0 saturated carbocycles. The summed E-state index contributed by atoms with van der Waals surface area (Å²) >= 11 is 0. The molecular formula is C15H19NO2. The Morgan fingerprint density at radius 2 is 2.44 bits per heavy atom. The number of carbonyl (C=O) groups excluding carboxylic acids is 1. The van der Waals surface area contributed by atoms with Crippen molar-refractivity contribution >= 4 is 5.91 Å². The maximum Gasteiger partial charge on any atom is 0.227 e. The molecule has 96 valence electrons. The molecule has 1 atom stereocenters. The second-order valence-corrected chi connectivity index (χ2v) is 4.65. The van der Waals surface area contributed by atoms with Crippen LogP contribution in [0.5, 0.6) is 0 Å². The molecule has 1 amide bonds. The van der Waals surface area contributed by atoms with Crippen LogP contribution >= 0.6 is 0 Å². The maximum atomic E-state index is 11.6. The van der Waals surface area contributed by atoms with Crippen LogP contribution in [0, 0.1) is 0 Å². The summed E-state index contributed by atoms with van der Waals surface area (Å²) in [6.07, 6.45) is 9.24. The van der Waals surface area contributed by atoms with Crippen molar-refractivity contribution in [1.82, 2.24) is 4.90 Å². The third kappa shape index (κ3) is 3.14. The van der Waals surface area contributed by atoms with Crippen LogP contribution in [0.2, 0.25) is 0 Å². The van der Waals surface area contributed by atoms with Gasteiger partial charge in [0.1, 0.15) is 5.76 Å². The number of furan rings is 1. The third-order valence-corrected chi connectivity index (χ3v) is 3.39. The first-order valence-corrected chi connectivity index (χ1v) is 6.51. The molecule has 1 aromatic rings. The van der Waals surface area contributed by atoms with Gasteiger partial charge in [0, 0.05) is 25.1 Å². The summed E-state index contributed by atoms with van der Waals surface area (Å²) in [4.78, 5) is 13.4. The van der Waals surface area contributed by atoms with Crippen LogP contribution in [0.4, 0.5) is 0 Å². The summed E-state index contributed by atoms with van der Waals surface area (Å²) in [6.45, 7) is 3.54. The number of amides is 1. The van der Waals surface area contributed by atoms with E-state index in [1.54, 1.807) is 17.4 Å². The highest BCUT2D eigenvalue weighted by molar-refractivity contribution is 5.79. The lowest BCUT2D eigenvalue weighted by Crippen LogP contribution is -2.27. The van der Waals surface area contributed by atoms with Gasteiger partial charge in [0.25, 0.3) is 0 Å². The Hall–Kier alpha value is -1.73. The number of rotatable bonds is 6. The molecule has 1 aliphatic rings. The van der Waals surface area contributed by atoms with Crippen molar-refractivity contribution in [2.24, 2.45) is 0 Å². The molecular weight excluding hydrogens is 226 g/mol. The highest BCUT2D eigenvalue weighted by Gasteiger charge is 2.28. The zero-order valence-electron chi connectivity index (χ0n) is 10.6. The minimum absolute atomic E-state index is 0.196. The van der Waals surface area contributed by atoms with E-state index in [4.69, 9.17) is 4.42 Å². The van der Waals surface area contributed by atoms with Crippen molar-refractivity contribution in [1.29, 1.82) is 0 Å². The SMILES string of the molecule is C=C=CN1C(=O)CC[C@H]1CCCCc1ccco1. The lowest BCUT2D eigenvalue weighted by atomic mass is 10.1. The lowest BCUT2D eigenvalue weighted by Gasteiger charge is -2.19. The molecule has 3 nitrogen and oxygen atoms in total. The van der Waals surface area contributed by atoms with E-state index >= 15 is 0 Å². The summed E-state index contributed by atoms with van der Waals surface area (Å²) < 4.78 is 5.29. The quantitative estimate of drug-likeness (QED) is 0.569. The van der Waals surface area contributed by atoms with Crippen LogP contribution in [-0.4, -0.2) is 16.8 Å². The van der Waals surface area contributed by atoms with Gasteiger partial charge in [-0.3, -0.25) is 4.79 Å². The Balaban J connectivity index is 1.73. The van der Waals surface area contributed by atoms with Crippen LogP contribution in [0.1, 0.15) is 37.9 Å². The minimum Gasteiger partial charge on any atom is -0.469 e. The molecule has 1 aliphatic heterocycles. The molecule has 0 radical (unpaired) electrons. The summed E-state index contributed by atoms with van der Waals surface area (Å²) in [7, 11) is 0. The number of likely N-dealkylation sites (tertiary alicyclic amines) is 1. The molecule has 0 spiro atoms. The van der Waals surface area contributed by atoms with Crippen molar-refractivity contribution in [3.63, 3.8) is 0 Å². The Bertz CT molecular complexity index is 429. The maximum absolute atomic E-state index is 11.6. The molecule has 0 unspecified atom stereocenters. The highest BCUT2D eigenvalue weighted by atomic mass is 16.3. The van der Waals surface area contributed by atoms with E-state index in [9.17, 15) is 4.79 Å². The molecule has 1 saturated heterocycles. The smallest absolute Gasteiger partial charge is 0.227 e. The van der Waals surface area contributed by atoms with Gasteiger partial charge < -0.3 is 9.32 Å². The summed E-state index contributed by atoms with van der Waals surface area (Å²) in [6, 6.07) is 4.26. The number of nitrogens with zero attached hydrogens (tertiary/aromatic N) is 1. The molecule has 2 heterocycles. The predicted molar refractivity (Wildman–Crippen MR) is 69.8 cm³/mol. The topological polar surface area (TPSA) is 33.5 Å². The molecule has 1 aromatic heterocycles. The number of aryl methyl sites for hydroxylation is 1.